The van der Waals surface area contributed by atoms with E-state index >= 15 is 0 Å². The Labute approximate surface area is 117 Å². The molecule has 9 heteroatoms. The highest BCUT2D eigenvalue weighted by molar-refractivity contribution is 5.69. The monoisotopic (exact) mass is 283 g/mol. The molecule has 0 aromatic carbocycles. The molecule has 0 bridgehead atoms. The molecule has 1 heterocycles. The van der Waals surface area contributed by atoms with E-state index in [9.17, 15) is 10.1 Å². The fourth-order valence-corrected chi connectivity index (χ4v) is 1.79. The minimum atomic E-state index is -0.511. The maximum Gasteiger partial charge on any atom is 0.354 e. The third-order valence-electron chi connectivity index (χ3n) is 2.73. The first kappa shape index (κ1) is 16.1. The van der Waals surface area contributed by atoms with Crippen LogP contribution in [-0.2, 0) is 0 Å². The molecule has 0 aliphatic heterocycles. The Morgan fingerprint density at radius 3 is 2.55 bits per heavy atom. The topological polar surface area (TPSA) is 113 Å². The van der Waals surface area contributed by atoms with E-state index in [2.05, 4.69) is 15.4 Å². The van der Waals surface area contributed by atoms with Crippen molar-refractivity contribution >= 4 is 17.3 Å². The Morgan fingerprint density at radius 2 is 2.05 bits per heavy atom. The van der Waals surface area contributed by atoms with E-state index in [1.54, 1.807) is 0 Å². The highest BCUT2D eigenvalue weighted by Gasteiger charge is 2.26. The second-order valence-corrected chi connectivity index (χ2v) is 4.59. The van der Waals surface area contributed by atoms with Gasteiger partial charge in [0.2, 0.25) is 11.6 Å². The third-order valence-corrected chi connectivity index (χ3v) is 2.73. The van der Waals surface area contributed by atoms with Crippen molar-refractivity contribution in [1.82, 2.24) is 14.9 Å². The van der Waals surface area contributed by atoms with Crippen LogP contribution in [-0.4, -0.2) is 53.5 Å². The summed E-state index contributed by atoms with van der Waals surface area (Å²) in [5.74, 6) is 5.59. The number of nitrogens with zero attached hydrogens (tertiary/aromatic N) is 5. The lowest BCUT2D eigenvalue weighted by molar-refractivity contribution is -0.383. The molecule has 0 aliphatic rings. The highest BCUT2D eigenvalue weighted by atomic mass is 16.6. The molecule has 0 aliphatic carbocycles. The van der Waals surface area contributed by atoms with Gasteiger partial charge in [-0.2, -0.15) is 0 Å². The molecule has 1 aromatic heterocycles. The predicted octanol–water partition coefficient (Wildman–Crippen LogP) is 0.448. The number of nitrogen functional groups attached to an aromatic ring is 1. The Morgan fingerprint density at radius 1 is 1.35 bits per heavy atom. The van der Waals surface area contributed by atoms with Crippen molar-refractivity contribution in [3.05, 3.63) is 16.4 Å². The standard InChI is InChI=1S/C11H21N7O2/c1-4-5-17(7-6-16(2)3)11-9(18(19)20)10(15-12)13-8-14-11/h8H,4-7,12H2,1-3H3,(H,13,14,15). The average Bonchev–Trinajstić information content (AvgIpc) is 2.42. The summed E-state index contributed by atoms with van der Waals surface area (Å²) in [5.41, 5.74) is 2.06. The fraction of sp³-hybridized carbons (Fsp3) is 0.636. The number of nitro groups is 1. The summed E-state index contributed by atoms with van der Waals surface area (Å²) < 4.78 is 0. The van der Waals surface area contributed by atoms with Crippen molar-refractivity contribution < 1.29 is 4.92 Å². The van der Waals surface area contributed by atoms with Gasteiger partial charge in [0.1, 0.15) is 6.33 Å². The van der Waals surface area contributed by atoms with E-state index < -0.39 is 4.92 Å². The minimum absolute atomic E-state index is 0.0194. The molecule has 0 unspecified atom stereocenters. The molecule has 0 fully saturated rings. The van der Waals surface area contributed by atoms with Gasteiger partial charge in [-0.15, -0.1) is 0 Å². The summed E-state index contributed by atoms with van der Waals surface area (Å²) in [6.45, 7) is 4.10. The van der Waals surface area contributed by atoms with E-state index in [1.165, 1.54) is 6.33 Å². The van der Waals surface area contributed by atoms with Crippen molar-refractivity contribution in [1.29, 1.82) is 0 Å². The van der Waals surface area contributed by atoms with Crippen molar-refractivity contribution in [2.45, 2.75) is 13.3 Å². The lowest BCUT2D eigenvalue weighted by Gasteiger charge is -2.24. The van der Waals surface area contributed by atoms with Gasteiger partial charge in [0.15, 0.2) is 0 Å². The SMILES string of the molecule is CCCN(CCN(C)C)c1ncnc(NN)c1[N+](=O)[O-]. The number of nitrogens with one attached hydrogen (secondary N) is 1. The summed E-state index contributed by atoms with van der Waals surface area (Å²) >= 11 is 0. The first-order valence-corrected chi connectivity index (χ1v) is 6.36. The lowest BCUT2D eigenvalue weighted by Crippen LogP contribution is -2.33. The van der Waals surface area contributed by atoms with Gasteiger partial charge >= 0.3 is 5.69 Å². The largest absolute Gasteiger partial charge is 0.354 e. The lowest BCUT2D eigenvalue weighted by atomic mass is 10.3. The number of aromatic nitrogens is 2. The number of hydrazine groups is 1. The Hall–Kier alpha value is -2.00. The first-order valence-electron chi connectivity index (χ1n) is 6.36. The Kier molecular flexibility index (Phi) is 6.07. The summed E-state index contributed by atoms with van der Waals surface area (Å²) in [6, 6.07) is 0. The number of likely N-dealkylation sites (N-methyl/N-ethyl adjacent to an activating group) is 1. The minimum Gasteiger partial charge on any atom is -0.349 e. The van der Waals surface area contributed by atoms with Gasteiger partial charge in [0.05, 0.1) is 4.92 Å². The van der Waals surface area contributed by atoms with Crippen LogP contribution in [0.2, 0.25) is 0 Å². The zero-order valence-electron chi connectivity index (χ0n) is 12.0. The van der Waals surface area contributed by atoms with Crippen LogP contribution in [0.1, 0.15) is 13.3 Å². The summed E-state index contributed by atoms with van der Waals surface area (Å²) in [4.78, 5) is 22.5. The van der Waals surface area contributed by atoms with Gasteiger partial charge < -0.3 is 15.2 Å². The molecule has 112 valence electrons. The molecule has 3 N–H and O–H groups in total. The molecule has 0 saturated carbocycles. The molecule has 0 amide bonds. The Balaban J connectivity index is 3.14. The summed E-state index contributed by atoms with van der Waals surface area (Å²) in [5, 5.41) is 11.2. The van der Waals surface area contributed by atoms with Crippen molar-refractivity contribution in [3.8, 4) is 0 Å². The van der Waals surface area contributed by atoms with Crippen molar-refractivity contribution in [3.63, 3.8) is 0 Å². The molecule has 0 atom stereocenters. The van der Waals surface area contributed by atoms with Gasteiger partial charge in [-0.05, 0) is 20.5 Å². The maximum absolute atomic E-state index is 11.2. The van der Waals surface area contributed by atoms with Crippen LogP contribution >= 0.6 is 0 Å². The van der Waals surface area contributed by atoms with E-state index in [0.717, 1.165) is 13.0 Å². The van der Waals surface area contributed by atoms with Crippen LogP contribution in [0.5, 0.6) is 0 Å². The van der Waals surface area contributed by atoms with E-state index in [1.807, 2.05) is 30.8 Å². The number of nitrogens with two attached hydrogens (primary N) is 1. The van der Waals surface area contributed by atoms with Gasteiger partial charge in [-0.3, -0.25) is 10.1 Å². The van der Waals surface area contributed by atoms with Crippen LogP contribution < -0.4 is 16.2 Å². The molecule has 20 heavy (non-hydrogen) atoms. The quantitative estimate of drug-likeness (QED) is 0.401. The zero-order valence-corrected chi connectivity index (χ0v) is 12.0. The van der Waals surface area contributed by atoms with E-state index in [-0.39, 0.29) is 11.5 Å². The maximum atomic E-state index is 11.2. The van der Waals surface area contributed by atoms with Crippen LogP contribution in [0, 0.1) is 10.1 Å². The molecule has 9 nitrogen and oxygen atoms in total. The average molecular weight is 283 g/mol. The van der Waals surface area contributed by atoms with Crippen molar-refractivity contribution in [2.75, 3.05) is 44.1 Å². The second kappa shape index (κ2) is 7.56. The Bertz CT molecular complexity index is 452. The van der Waals surface area contributed by atoms with E-state index in [0.29, 0.717) is 18.9 Å². The normalized spacial score (nSPS) is 10.7. The molecule has 1 rings (SSSR count). The van der Waals surface area contributed by atoms with Crippen LogP contribution in [0.3, 0.4) is 0 Å². The second-order valence-electron chi connectivity index (χ2n) is 4.59. The third kappa shape index (κ3) is 4.00. The molecule has 0 radical (unpaired) electrons. The van der Waals surface area contributed by atoms with E-state index in [4.69, 9.17) is 5.84 Å². The highest BCUT2D eigenvalue weighted by Crippen LogP contribution is 2.31. The van der Waals surface area contributed by atoms with Gasteiger partial charge in [0, 0.05) is 19.6 Å². The van der Waals surface area contributed by atoms with Gasteiger partial charge in [-0.25, -0.2) is 15.8 Å². The number of rotatable bonds is 8. The predicted molar refractivity (Wildman–Crippen MR) is 77.6 cm³/mol. The molecule has 0 spiro atoms. The van der Waals surface area contributed by atoms with Gasteiger partial charge in [0.25, 0.3) is 0 Å². The molecule has 1 aromatic rings. The smallest absolute Gasteiger partial charge is 0.349 e. The van der Waals surface area contributed by atoms with Crippen LogP contribution in [0.25, 0.3) is 0 Å². The number of hydrogen-bond donors (Lipinski definition) is 2. The van der Waals surface area contributed by atoms with Crippen LogP contribution in [0.15, 0.2) is 6.33 Å². The number of anilines is 2. The van der Waals surface area contributed by atoms with Crippen LogP contribution in [0.4, 0.5) is 17.3 Å². The van der Waals surface area contributed by atoms with Crippen molar-refractivity contribution in [2.24, 2.45) is 5.84 Å². The summed E-state index contributed by atoms with van der Waals surface area (Å²) in [7, 11) is 3.90. The zero-order chi connectivity index (χ0) is 15.1. The van der Waals surface area contributed by atoms with Gasteiger partial charge in [-0.1, -0.05) is 6.92 Å². The molecule has 0 saturated heterocycles. The fourth-order valence-electron chi connectivity index (χ4n) is 1.79. The number of hydrogen-bond acceptors (Lipinski definition) is 8. The molecular formula is C11H21N7O2. The first-order chi connectivity index (χ1) is 9.51. The summed E-state index contributed by atoms with van der Waals surface area (Å²) in [6.07, 6.45) is 2.13. The molecular weight excluding hydrogens is 262 g/mol.